The van der Waals surface area contributed by atoms with Crippen molar-refractivity contribution in [2.75, 3.05) is 18.8 Å². The Bertz CT molecular complexity index is 161. The quantitative estimate of drug-likeness (QED) is 0.624. The Morgan fingerprint density at radius 1 is 1.73 bits per heavy atom. The zero-order valence-electron chi connectivity index (χ0n) is 6.67. The highest BCUT2D eigenvalue weighted by Crippen LogP contribution is 2.14. The minimum atomic E-state index is 0.153. The molecule has 1 N–H and O–H groups in total. The summed E-state index contributed by atoms with van der Waals surface area (Å²) in [4.78, 5) is 11.3. The molecular formula is C8H13NOS. The standard InChI is InChI=1S/C8H13NOS/c1-2-3-7(10)8-6-9-4-5-11-8/h2-3,8-9H,4-6H2,1H3. The molecule has 0 aliphatic carbocycles. The van der Waals surface area contributed by atoms with E-state index < -0.39 is 0 Å². The fourth-order valence-corrected chi connectivity index (χ4v) is 2.04. The van der Waals surface area contributed by atoms with E-state index in [0.717, 1.165) is 18.8 Å². The summed E-state index contributed by atoms with van der Waals surface area (Å²) in [7, 11) is 0. The molecule has 0 bridgehead atoms. The van der Waals surface area contributed by atoms with E-state index in [1.54, 1.807) is 23.9 Å². The lowest BCUT2D eigenvalue weighted by Crippen LogP contribution is -2.36. The summed E-state index contributed by atoms with van der Waals surface area (Å²) in [6.07, 6.45) is 3.46. The predicted molar refractivity (Wildman–Crippen MR) is 48.9 cm³/mol. The molecular weight excluding hydrogens is 158 g/mol. The lowest BCUT2D eigenvalue weighted by Gasteiger charge is -2.19. The predicted octanol–water partition coefficient (Wildman–Crippen LogP) is 0.837. The van der Waals surface area contributed by atoms with Crippen LogP contribution >= 0.6 is 11.8 Å². The molecule has 0 spiro atoms. The van der Waals surface area contributed by atoms with Crippen LogP contribution in [0.1, 0.15) is 6.92 Å². The topological polar surface area (TPSA) is 29.1 Å². The summed E-state index contributed by atoms with van der Waals surface area (Å²) in [6, 6.07) is 0. The highest BCUT2D eigenvalue weighted by atomic mass is 32.2. The second kappa shape index (κ2) is 4.57. The van der Waals surface area contributed by atoms with Gasteiger partial charge in [0, 0.05) is 18.8 Å². The number of allylic oxidation sites excluding steroid dienone is 2. The fourth-order valence-electron chi connectivity index (χ4n) is 1.02. The summed E-state index contributed by atoms with van der Waals surface area (Å²) in [5.41, 5.74) is 0. The Hall–Kier alpha value is -0.280. The van der Waals surface area contributed by atoms with E-state index >= 15 is 0 Å². The molecule has 0 saturated carbocycles. The third-order valence-electron chi connectivity index (χ3n) is 1.58. The molecule has 1 heterocycles. The van der Waals surface area contributed by atoms with Gasteiger partial charge in [-0.3, -0.25) is 4.79 Å². The van der Waals surface area contributed by atoms with E-state index in [1.165, 1.54) is 0 Å². The van der Waals surface area contributed by atoms with Gasteiger partial charge in [0.05, 0.1) is 5.25 Å². The molecule has 1 aliphatic rings. The fraction of sp³-hybridized carbons (Fsp3) is 0.625. The van der Waals surface area contributed by atoms with Gasteiger partial charge in [0.15, 0.2) is 5.78 Å². The summed E-state index contributed by atoms with van der Waals surface area (Å²) in [5.74, 6) is 1.29. The van der Waals surface area contributed by atoms with E-state index in [4.69, 9.17) is 0 Å². The first-order valence-corrected chi connectivity index (χ1v) is 4.88. The van der Waals surface area contributed by atoms with Crippen LogP contribution in [0.25, 0.3) is 0 Å². The first-order chi connectivity index (χ1) is 5.34. The molecule has 3 heteroatoms. The van der Waals surface area contributed by atoms with Crippen molar-refractivity contribution in [2.24, 2.45) is 0 Å². The van der Waals surface area contributed by atoms with Crippen molar-refractivity contribution in [2.45, 2.75) is 12.2 Å². The summed E-state index contributed by atoms with van der Waals surface area (Å²) < 4.78 is 0. The van der Waals surface area contributed by atoms with Crippen molar-refractivity contribution >= 4 is 17.5 Å². The molecule has 1 rings (SSSR count). The van der Waals surface area contributed by atoms with Crippen LogP contribution in [0.3, 0.4) is 0 Å². The first kappa shape index (κ1) is 8.81. The van der Waals surface area contributed by atoms with E-state index in [1.807, 2.05) is 6.92 Å². The molecule has 0 aromatic heterocycles. The van der Waals surface area contributed by atoms with Gasteiger partial charge in [0.2, 0.25) is 0 Å². The molecule has 0 aromatic rings. The van der Waals surface area contributed by atoms with Gasteiger partial charge in [-0.25, -0.2) is 0 Å². The minimum absolute atomic E-state index is 0.153. The summed E-state index contributed by atoms with van der Waals surface area (Å²) in [5, 5.41) is 3.35. The smallest absolute Gasteiger partial charge is 0.169 e. The second-order valence-corrected chi connectivity index (χ2v) is 3.78. The second-order valence-electron chi connectivity index (χ2n) is 2.47. The van der Waals surface area contributed by atoms with E-state index in [0.29, 0.717) is 0 Å². The number of nitrogens with one attached hydrogen (secondary N) is 1. The number of ketones is 1. The number of rotatable bonds is 2. The largest absolute Gasteiger partial charge is 0.314 e. The number of hydrogen-bond acceptors (Lipinski definition) is 3. The maximum Gasteiger partial charge on any atom is 0.169 e. The first-order valence-electron chi connectivity index (χ1n) is 3.83. The van der Waals surface area contributed by atoms with Crippen molar-refractivity contribution < 1.29 is 4.79 Å². The summed E-state index contributed by atoms with van der Waals surface area (Å²) >= 11 is 1.75. The molecule has 1 aliphatic heterocycles. The number of thioether (sulfide) groups is 1. The molecule has 0 radical (unpaired) electrons. The number of carbonyl (C=O) groups is 1. The highest BCUT2D eigenvalue weighted by Gasteiger charge is 2.18. The lowest BCUT2D eigenvalue weighted by molar-refractivity contribution is -0.114. The van der Waals surface area contributed by atoms with Crippen molar-refractivity contribution in [1.29, 1.82) is 0 Å². The Balaban J connectivity index is 2.38. The van der Waals surface area contributed by atoms with Gasteiger partial charge < -0.3 is 5.32 Å². The van der Waals surface area contributed by atoms with E-state index in [2.05, 4.69) is 5.32 Å². The van der Waals surface area contributed by atoms with Crippen LogP contribution in [0.4, 0.5) is 0 Å². The third kappa shape index (κ3) is 2.67. The monoisotopic (exact) mass is 171 g/mol. The molecule has 11 heavy (non-hydrogen) atoms. The maximum absolute atomic E-state index is 11.3. The van der Waals surface area contributed by atoms with E-state index in [-0.39, 0.29) is 11.0 Å². The van der Waals surface area contributed by atoms with Crippen LogP contribution in [0, 0.1) is 0 Å². The van der Waals surface area contributed by atoms with Crippen LogP contribution in [-0.4, -0.2) is 29.9 Å². The Kier molecular flexibility index (Phi) is 3.66. The minimum Gasteiger partial charge on any atom is -0.314 e. The molecule has 1 atom stereocenters. The average Bonchev–Trinajstić information content (AvgIpc) is 2.07. The zero-order chi connectivity index (χ0) is 8.10. The molecule has 62 valence electrons. The maximum atomic E-state index is 11.3. The van der Waals surface area contributed by atoms with Gasteiger partial charge in [0.1, 0.15) is 0 Å². The lowest BCUT2D eigenvalue weighted by atomic mass is 10.2. The molecule has 0 amide bonds. The Morgan fingerprint density at radius 2 is 2.55 bits per heavy atom. The molecule has 2 nitrogen and oxygen atoms in total. The van der Waals surface area contributed by atoms with Crippen LogP contribution < -0.4 is 5.32 Å². The van der Waals surface area contributed by atoms with Gasteiger partial charge in [0.25, 0.3) is 0 Å². The molecule has 1 unspecified atom stereocenters. The van der Waals surface area contributed by atoms with Gasteiger partial charge in [-0.05, 0) is 13.0 Å². The Morgan fingerprint density at radius 3 is 3.09 bits per heavy atom. The number of hydrogen-bond donors (Lipinski definition) is 1. The van der Waals surface area contributed by atoms with Crippen molar-refractivity contribution in [3.63, 3.8) is 0 Å². The van der Waals surface area contributed by atoms with Crippen molar-refractivity contribution in [1.82, 2.24) is 5.32 Å². The van der Waals surface area contributed by atoms with Crippen LogP contribution in [0.5, 0.6) is 0 Å². The van der Waals surface area contributed by atoms with Crippen molar-refractivity contribution in [3.8, 4) is 0 Å². The SMILES string of the molecule is CC=CC(=O)C1CNCCS1. The molecule has 1 fully saturated rings. The zero-order valence-corrected chi connectivity index (χ0v) is 7.49. The summed E-state index contributed by atoms with van der Waals surface area (Å²) in [6.45, 7) is 3.73. The van der Waals surface area contributed by atoms with Gasteiger partial charge in [-0.1, -0.05) is 6.08 Å². The molecule has 1 saturated heterocycles. The van der Waals surface area contributed by atoms with Gasteiger partial charge in [-0.15, -0.1) is 11.8 Å². The normalized spacial score (nSPS) is 25.7. The van der Waals surface area contributed by atoms with Crippen LogP contribution in [-0.2, 0) is 4.79 Å². The van der Waals surface area contributed by atoms with Gasteiger partial charge >= 0.3 is 0 Å². The Labute approximate surface area is 71.4 Å². The van der Waals surface area contributed by atoms with Crippen molar-refractivity contribution in [3.05, 3.63) is 12.2 Å². The van der Waals surface area contributed by atoms with E-state index in [9.17, 15) is 4.79 Å². The van der Waals surface area contributed by atoms with Crippen LogP contribution in [0.2, 0.25) is 0 Å². The third-order valence-corrected chi connectivity index (χ3v) is 2.82. The average molecular weight is 171 g/mol. The molecule has 0 aromatic carbocycles. The number of carbonyl (C=O) groups excluding carboxylic acids is 1. The van der Waals surface area contributed by atoms with Gasteiger partial charge in [-0.2, -0.15) is 0 Å². The van der Waals surface area contributed by atoms with Crippen LogP contribution in [0.15, 0.2) is 12.2 Å². The highest BCUT2D eigenvalue weighted by molar-refractivity contribution is 8.00.